The van der Waals surface area contributed by atoms with E-state index in [4.69, 9.17) is 20.6 Å². The predicted octanol–water partition coefficient (Wildman–Crippen LogP) is 0.813. The number of pyridine rings is 1. The van der Waals surface area contributed by atoms with Gasteiger partial charge in [0.2, 0.25) is 5.88 Å². The van der Waals surface area contributed by atoms with E-state index in [0.717, 1.165) is 0 Å². The summed E-state index contributed by atoms with van der Waals surface area (Å²) in [5, 5.41) is 7.28. The second kappa shape index (κ2) is 7.03. The Morgan fingerprint density at radius 1 is 1.53 bits per heavy atom. The summed E-state index contributed by atoms with van der Waals surface area (Å²) in [5.74, 6) is 0.322. The molecular weight excluding hydrogens is 218 g/mol. The lowest BCUT2D eigenvalue weighted by Crippen LogP contribution is -2.15. The first-order valence-electron chi connectivity index (χ1n) is 4.17. The molecule has 0 atom stereocenters. The lowest BCUT2D eigenvalue weighted by atomic mass is 10.2. The fourth-order valence-electron chi connectivity index (χ4n) is 0.932. The van der Waals surface area contributed by atoms with Crippen LogP contribution < -0.4 is 10.5 Å². The Morgan fingerprint density at radius 2 is 2.27 bits per heavy atom. The third kappa shape index (κ3) is 4.14. The molecule has 0 spiro atoms. The van der Waals surface area contributed by atoms with Gasteiger partial charge in [0.25, 0.3) is 0 Å². The number of nitrogens with two attached hydrogens (primary N) is 1. The van der Waals surface area contributed by atoms with Crippen LogP contribution in [0.3, 0.4) is 0 Å². The highest BCUT2D eigenvalue weighted by Gasteiger charge is 2.06. The molecule has 15 heavy (non-hydrogen) atoms. The molecule has 0 fully saturated rings. The highest BCUT2D eigenvalue weighted by atomic mass is 35.5. The minimum absolute atomic E-state index is 0. The van der Waals surface area contributed by atoms with Crippen LogP contribution in [0.15, 0.2) is 18.3 Å². The molecule has 6 heteroatoms. The summed E-state index contributed by atoms with van der Waals surface area (Å²) in [4.78, 5) is 3.97. The van der Waals surface area contributed by atoms with Gasteiger partial charge in [0.15, 0.2) is 0 Å². The van der Waals surface area contributed by atoms with Crippen LogP contribution in [0.1, 0.15) is 5.56 Å². The SMILES string of the molecule is COCCOc1ncccc1C(=N)N.Cl. The Labute approximate surface area is 94.5 Å². The van der Waals surface area contributed by atoms with Crippen molar-refractivity contribution in [3.05, 3.63) is 23.9 Å². The van der Waals surface area contributed by atoms with Crippen LogP contribution in [-0.4, -0.2) is 31.1 Å². The van der Waals surface area contributed by atoms with Gasteiger partial charge in [0, 0.05) is 13.3 Å². The number of methoxy groups -OCH3 is 1. The fraction of sp³-hybridized carbons (Fsp3) is 0.333. The number of amidine groups is 1. The highest BCUT2D eigenvalue weighted by molar-refractivity contribution is 5.96. The van der Waals surface area contributed by atoms with Gasteiger partial charge in [-0.2, -0.15) is 0 Å². The number of nitrogens with one attached hydrogen (secondary N) is 1. The number of ether oxygens (including phenoxy) is 2. The van der Waals surface area contributed by atoms with Gasteiger partial charge < -0.3 is 15.2 Å². The van der Waals surface area contributed by atoms with Crippen molar-refractivity contribution in [2.75, 3.05) is 20.3 Å². The maximum atomic E-state index is 7.28. The number of hydrogen-bond donors (Lipinski definition) is 2. The summed E-state index contributed by atoms with van der Waals surface area (Å²) in [7, 11) is 1.59. The summed E-state index contributed by atoms with van der Waals surface area (Å²) in [6.07, 6.45) is 1.59. The molecule has 0 unspecified atom stereocenters. The van der Waals surface area contributed by atoms with Crippen molar-refractivity contribution in [3.8, 4) is 5.88 Å². The van der Waals surface area contributed by atoms with Gasteiger partial charge in [-0.05, 0) is 12.1 Å². The van der Waals surface area contributed by atoms with Gasteiger partial charge in [-0.15, -0.1) is 12.4 Å². The molecule has 0 radical (unpaired) electrons. The number of rotatable bonds is 5. The number of nitrogens with zero attached hydrogens (tertiary/aromatic N) is 1. The summed E-state index contributed by atoms with van der Waals surface area (Å²) in [6.45, 7) is 0.877. The Balaban J connectivity index is 0.00000196. The zero-order valence-electron chi connectivity index (χ0n) is 8.40. The second-order valence-electron chi connectivity index (χ2n) is 2.61. The van der Waals surface area contributed by atoms with Crippen molar-refractivity contribution in [3.63, 3.8) is 0 Å². The lowest BCUT2D eigenvalue weighted by Gasteiger charge is -2.07. The van der Waals surface area contributed by atoms with Gasteiger partial charge in [-0.3, -0.25) is 5.41 Å². The molecule has 1 aromatic rings. The Morgan fingerprint density at radius 3 is 2.87 bits per heavy atom. The molecule has 1 heterocycles. The number of aromatic nitrogens is 1. The lowest BCUT2D eigenvalue weighted by molar-refractivity contribution is 0.143. The van der Waals surface area contributed by atoms with E-state index >= 15 is 0 Å². The van der Waals surface area contributed by atoms with Crippen molar-refractivity contribution >= 4 is 18.2 Å². The van der Waals surface area contributed by atoms with Crippen molar-refractivity contribution in [2.45, 2.75) is 0 Å². The van der Waals surface area contributed by atoms with E-state index < -0.39 is 0 Å². The van der Waals surface area contributed by atoms with Crippen LogP contribution in [0.25, 0.3) is 0 Å². The Kier molecular flexibility index (Phi) is 6.40. The quantitative estimate of drug-likeness (QED) is 0.447. The zero-order chi connectivity index (χ0) is 10.4. The minimum Gasteiger partial charge on any atom is -0.475 e. The molecule has 5 nitrogen and oxygen atoms in total. The monoisotopic (exact) mass is 231 g/mol. The maximum absolute atomic E-state index is 7.28. The Hall–Kier alpha value is -1.33. The first-order valence-corrected chi connectivity index (χ1v) is 4.17. The molecule has 0 aliphatic heterocycles. The summed E-state index contributed by atoms with van der Waals surface area (Å²) in [5.41, 5.74) is 5.85. The molecule has 1 rings (SSSR count). The summed E-state index contributed by atoms with van der Waals surface area (Å²) in [6, 6.07) is 3.40. The first-order chi connectivity index (χ1) is 6.75. The van der Waals surface area contributed by atoms with Gasteiger partial charge in [0.05, 0.1) is 12.2 Å². The molecule has 0 saturated heterocycles. The van der Waals surface area contributed by atoms with E-state index in [9.17, 15) is 0 Å². The average Bonchev–Trinajstić information content (AvgIpc) is 2.19. The molecular formula is C9H14ClN3O2. The van der Waals surface area contributed by atoms with Crippen LogP contribution in [0.2, 0.25) is 0 Å². The van der Waals surface area contributed by atoms with Gasteiger partial charge in [-0.25, -0.2) is 4.98 Å². The topological polar surface area (TPSA) is 81.2 Å². The van der Waals surface area contributed by atoms with Gasteiger partial charge in [0.1, 0.15) is 12.4 Å². The molecule has 84 valence electrons. The molecule has 1 aromatic heterocycles. The molecule has 3 N–H and O–H groups in total. The van der Waals surface area contributed by atoms with Crippen LogP contribution in [0, 0.1) is 5.41 Å². The normalized spacial score (nSPS) is 9.13. The van der Waals surface area contributed by atoms with Crippen LogP contribution in [0.4, 0.5) is 0 Å². The van der Waals surface area contributed by atoms with E-state index in [1.54, 1.807) is 25.4 Å². The van der Waals surface area contributed by atoms with Crippen LogP contribution in [-0.2, 0) is 4.74 Å². The van der Waals surface area contributed by atoms with Crippen molar-refractivity contribution < 1.29 is 9.47 Å². The van der Waals surface area contributed by atoms with E-state index in [-0.39, 0.29) is 18.2 Å². The van der Waals surface area contributed by atoms with E-state index in [1.807, 2.05) is 0 Å². The van der Waals surface area contributed by atoms with E-state index in [2.05, 4.69) is 4.98 Å². The molecule has 0 aliphatic rings. The molecule has 0 aliphatic carbocycles. The summed E-state index contributed by atoms with van der Waals surface area (Å²) >= 11 is 0. The van der Waals surface area contributed by atoms with Crippen molar-refractivity contribution in [1.29, 1.82) is 5.41 Å². The largest absolute Gasteiger partial charge is 0.475 e. The third-order valence-corrected chi connectivity index (χ3v) is 1.59. The van der Waals surface area contributed by atoms with E-state index in [1.165, 1.54) is 0 Å². The zero-order valence-corrected chi connectivity index (χ0v) is 9.21. The third-order valence-electron chi connectivity index (χ3n) is 1.59. The average molecular weight is 232 g/mol. The minimum atomic E-state index is -0.0504. The molecule has 0 bridgehead atoms. The standard InChI is InChI=1S/C9H13N3O2.ClH/c1-13-5-6-14-9-7(8(10)11)3-2-4-12-9;/h2-4H,5-6H2,1H3,(H3,10,11);1H. The smallest absolute Gasteiger partial charge is 0.224 e. The van der Waals surface area contributed by atoms with Gasteiger partial charge in [-0.1, -0.05) is 0 Å². The molecule has 0 aromatic carbocycles. The summed E-state index contributed by atoms with van der Waals surface area (Å²) < 4.78 is 10.1. The molecule has 0 amide bonds. The van der Waals surface area contributed by atoms with E-state index in [0.29, 0.717) is 24.7 Å². The molecule has 0 saturated carbocycles. The predicted molar refractivity (Wildman–Crippen MR) is 59.9 cm³/mol. The highest BCUT2D eigenvalue weighted by Crippen LogP contribution is 2.12. The number of hydrogen-bond acceptors (Lipinski definition) is 4. The number of halogens is 1. The first kappa shape index (κ1) is 13.7. The fourth-order valence-corrected chi connectivity index (χ4v) is 0.932. The van der Waals surface area contributed by atoms with Crippen LogP contribution in [0.5, 0.6) is 5.88 Å². The Bertz CT molecular complexity index is 320. The maximum Gasteiger partial charge on any atom is 0.224 e. The van der Waals surface area contributed by atoms with Gasteiger partial charge >= 0.3 is 0 Å². The second-order valence-corrected chi connectivity index (χ2v) is 2.61. The van der Waals surface area contributed by atoms with Crippen LogP contribution >= 0.6 is 12.4 Å². The van der Waals surface area contributed by atoms with Crippen molar-refractivity contribution in [2.24, 2.45) is 5.73 Å². The number of nitrogen functional groups attached to an aromatic ring is 1. The van der Waals surface area contributed by atoms with Crippen molar-refractivity contribution in [1.82, 2.24) is 4.98 Å².